The molecule has 1 saturated heterocycles. The van der Waals surface area contributed by atoms with E-state index in [4.69, 9.17) is 14.9 Å². The summed E-state index contributed by atoms with van der Waals surface area (Å²) in [5.41, 5.74) is 7.39. The van der Waals surface area contributed by atoms with Crippen LogP contribution >= 0.6 is 0 Å². The van der Waals surface area contributed by atoms with Crippen LogP contribution in [0.1, 0.15) is 18.4 Å². The summed E-state index contributed by atoms with van der Waals surface area (Å²) in [6, 6.07) is 5.84. The molecule has 0 saturated carbocycles. The molecule has 1 atom stereocenters. The molecule has 21 heavy (non-hydrogen) atoms. The average molecular weight is 288 g/mol. The van der Waals surface area contributed by atoms with E-state index in [9.17, 15) is 4.79 Å². The van der Waals surface area contributed by atoms with Crippen LogP contribution in [0.3, 0.4) is 0 Å². The third-order valence-electron chi connectivity index (χ3n) is 4.17. The molecule has 3 rings (SSSR count). The third kappa shape index (κ3) is 2.61. The number of methoxy groups -OCH3 is 1. The number of carbonyl (C=O) groups excluding carboxylic acids is 1. The predicted octanol–water partition coefficient (Wildman–Crippen LogP) is 1.93. The van der Waals surface area contributed by atoms with Crippen molar-refractivity contribution in [2.45, 2.75) is 25.3 Å². The normalized spacial score (nSPS) is 18.4. The van der Waals surface area contributed by atoms with Crippen LogP contribution in [0, 0.1) is 0 Å². The zero-order valence-electron chi connectivity index (χ0n) is 12.2. The maximum Gasteiger partial charge on any atom is 0.227 e. The number of hydrogen-bond donors (Lipinski definition) is 1. The lowest BCUT2D eigenvalue weighted by Gasteiger charge is -2.23. The van der Waals surface area contributed by atoms with E-state index in [1.165, 1.54) is 0 Å². The fourth-order valence-corrected chi connectivity index (χ4v) is 3.00. The van der Waals surface area contributed by atoms with Gasteiger partial charge in [-0.3, -0.25) is 4.79 Å². The second kappa shape index (κ2) is 5.77. The summed E-state index contributed by atoms with van der Waals surface area (Å²) in [5, 5.41) is 0.965. The van der Waals surface area contributed by atoms with Crippen LogP contribution in [0.4, 0.5) is 0 Å². The van der Waals surface area contributed by atoms with Gasteiger partial charge in [-0.15, -0.1) is 0 Å². The van der Waals surface area contributed by atoms with Gasteiger partial charge in [0.05, 0.1) is 19.8 Å². The first-order chi connectivity index (χ1) is 10.2. The fourth-order valence-electron chi connectivity index (χ4n) is 3.00. The Hall–Kier alpha value is -2.01. The number of amides is 1. The van der Waals surface area contributed by atoms with Crippen molar-refractivity contribution in [2.24, 2.45) is 5.73 Å². The molecule has 2 N–H and O–H groups in total. The first kappa shape index (κ1) is 13.9. The minimum Gasteiger partial charge on any atom is -0.497 e. The molecule has 5 heteroatoms. The van der Waals surface area contributed by atoms with E-state index in [0.717, 1.165) is 41.7 Å². The van der Waals surface area contributed by atoms with Crippen LogP contribution in [0.5, 0.6) is 5.75 Å². The lowest BCUT2D eigenvalue weighted by atomic mass is 10.1. The van der Waals surface area contributed by atoms with Gasteiger partial charge in [0.25, 0.3) is 0 Å². The molecule has 5 nitrogen and oxygen atoms in total. The predicted molar refractivity (Wildman–Crippen MR) is 80.3 cm³/mol. The average Bonchev–Trinajstić information content (AvgIpc) is 3.13. The molecule has 1 amide bonds. The number of carbonyl (C=O) groups is 1. The van der Waals surface area contributed by atoms with E-state index < -0.39 is 0 Å². The number of likely N-dealkylation sites (tertiary alicyclic amines) is 1. The van der Waals surface area contributed by atoms with Crippen molar-refractivity contribution in [1.29, 1.82) is 0 Å². The minimum atomic E-state index is 0.126. The SMILES string of the molecule is COc1ccc2c(CC(=O)N3CCCC3CN)coc2c1. The van der Waals surface area contributed by atoms with Gasteiger partial charge >= 0.3 is 0 Å². The standard InChI is InChI=1S/C16H20N2O3/c1-20-13-4-5-14-11(10-21-15(14)8-13)7-16(19)18-6-2-3-12(18)9-17/h4-5,8,10,12H,2-3,6-7,9,17H2,1H3. The molecule has 0 spiro atoms. The van der Waals surface area contributed by atoms with Crippen LogP contribution in [0.25, 0.3) is 11.0 Å². The molecule has 1 aromatic carbocycles. The molecule has 0 radical (unpaired) electrons. The Bertz CT molecular complexity index is 650. The van der Waals surface area contributed by atoms with E-state index in [1.54, 1.807) is 13.4 Å². The highest BCUT2D eigenvalue weighted by molar-refractivity contribution is 5.88. The van der Waals surface area contributed by atoms with Gasteiger partial charge < -0.3 is 19.8 Å². The number of hydrogen-bond acceptors (Lipinski definition) is 4. The Labute approximate surface area is 123 Å². The van der Waals surface area contributed by atoms with E-state index in [0.29, 0.717) is 13.0 Å². The molecule has 1 unspecified atom stereocenters. The van der Waals surface area contributed by atoms with Gasteiger partial charge in [0.15, 0.2) is 0 Å². The Morgan fingerprint density at radius 1 is 1.52 bits per heavy atom. The summed E-state index contributed by atoms with van der Waals surface area (Å²) in [4.78, 5) is 14.4. The molecular weight excluding hydrogens is 268 g/mol. The van der Waals surface area contributed by atoms with Crippen LogP contribution in [0.2, 0.25) is 0 Å². The zero-order chi connectivity index (χ0) is 14.8. The van der Waals surface area contributed by atoms with Crippen LogP contribution < -0.4 is 10.5 Å². The molecule has 1 fully saturated rings. The Morgan fingerprint density at radius 3 is 3.14 bits per heavy atom. The number of nitrogens with zero attached hydrogens (tertiary/aromatic N) is 1. The maximum absolute atomic E-state index is 12.5. The molecular formula is C16H20N2O3. The van der Waals surface area contributed by atoms with Crippen molar-refractivity contribution in [3.63, 3.8) is 0 Å². The van der Waals surface area contributed by atoms with E-state index in [1.807, 2.05) is 23.1 Å². The first-order valence-corrected chi connectivity index (χ1v) is 7.26. The van der Waals surface area contributed by atoms with Crippen LogP contribution in [0.15, 0.2) is 28.9 Å². The first-order valence-electron chi connectivity index (χ1n) is 7.26. The highest BCUT2D eigenvalue weighted by Crippen LogP contribution is 2.27. The molecule has 0 aliphatic carbocycles. The smallest absolute Gasteiger partial charge is 0.227 e. The minimum absolute atomic E-state index is 0.126. The highest BCUT2D eigenvalue weighted by Gasteiger charge is 2.27. The van der Waals surface area contributed by atoms with Gasteiger partial charge in [0.1, 0.15) is 11.3 Å². The van der Waals surface area contributed by atoms with Crippen molar-refractivity contribution >= 4 is 16.9 Å². The topological polar surface area (TPSA) is 68.7 Å². The summed E-state index contributed by atoms with van der Waals surface area (Å²) in [5.74, 6) is 0.874. The summed E-state index contributed by atoms with van der Waals surface area (Å²) in [7, 11) is 1.62. The Kier molecular flexibility index (Phi) is 3.84. The monoisotopic (exact) mass is 288 g/mol. The van der Waals surface area contributed by atoms with Gasteiger partial charge in [-0.2, -0.15) is 0 Å². The summed E-state index contributed by atoms with van der Waals surface area (Å²) >= 11 is 0. The fraction of sp³-hybridized carbons (Fsp3) is 0.438. The van der Waals surface area contributed by atoms with Crippen molar-refractivity contribution in [3.8, 4) is 5.75 Å². The van der Waals surface area contributed by atoms with E-state index in [-0.39, 0.29) is 11.9 Å². The molecule has 1 aromatic heterocycles. The molecule has 112 valence electrons. The molecule has 0 bridgehead atoms. The van der Waals surface area contributed by atoms with Crippen LogP contribution in [-0.4, -0.2) is 37.0 Å². The molecule has 2 heterocycles. The number of ether oxygens (including phenoxy) is 1. The largest absolute Gasteiger partial charge is 0.497 e. The van der Waals surface area contributed by atoms with Gasteiger partial charge in [-0.05, 0) is 25.0 Å². The van der Waals surface area contributed by atoms with Gasteiger partial charge in [-0.25, -0.2) is 0 Å². The lowest BCUT2D eigenvalue weighted by molar-refractivity contribution is -0.131. The maximum atomic E-state index is 12.5. The number of fused-ring (bicyclic) bond motifs is 1. The Morgan fingerprint density at radius 2 is 2.38 bits per heavy atom. The molecule has 2 aromatic rings. The van der Waals surface area contributed by atoms with E-state index in [2.05, 4.69) is 0 Å². The van der Waals surface area contributed by atoms with Crippen molar-refractivity contribution in [3.05, 3.63) is 30.0 Å². The van der Waals surface area contributed by atoms with Crippen molar-refractivity contribution < 1.29 is 13.9 Å². The quantitative estimate of drug-likeness (QED) is 0.933. The number of furan rings is 1. The van der Waals surface area contributed by atoms with Crippen molar-refractivity contribution in [1.82, 2.24) is 4.90 Å². The summed E-state index contributed by atoms with van der Waals surface area (Å²) in [6.07, 6.45) is 4.06. The van der Waals surface area contributed by atoms with Crippen LogP contribution in [-0.2, 0) is 11.2 Å². The van der Waals surface area contributed by atoms with Gasteiger partial charge in [-0.1, -0.05) is 0 Å². The van der Waals surface area contributed by atoms with E-state index >= 15 is 0 Å². The second-order valence-electron chi connectivity index (χ2n) is 5.42. The Balaban J connectivity index is 1.80. The third-order valence-corrected chi connectivity index (χ3v) is 4.17. The lowest BCUT2D eigenvalue weighted by Crippen LogP contribution is -2.40. The summed E-state index contributed by atoms with van der Waals surface area (Å²) < 4.78 is 10.7. The second-order valence-corrected chi connectivity index (χ2v) is 5.42. The molecule has 1 aliphatic rings. The zero-order valence-corrected chi connectivity index (χ0v) is 12.2. The molecule has 1 aliphatic heterocycles. The number of rotatable bonds is 4. The van der Waals surface area contributed by atoms with Crippen molar-refractivity contribution in [2.75, 3.05) is 20.2 Å². The van der Waals surface area contributed by atoms with Gasteiger partial charge in [0, 0.05) is 36.1 Å². The summed E-state index contributed by atoms with van der Waals surface area (Å²) in [6.45, 7) is 1.35. The highest BCUT2D eigenvalue weighted by atomic mass is 16.5. The number of benzene rings is 1. The van der Waals surface area contributed by atoms with Gasteiger partial charge in [0.2, 0.25) is 5.91 Å². The number of nitrogens with two attached hydrogens (primary N) is 1.